The van der Waals surface area contributed by atoms with Crippen LogP contribution in [0.25, 0.3) is 0 Å². The van der Waals surface area contributed by atoms with Crippen LogP contribution in [0.5, 0.6) is 0 Å². The number of hydrogen-bond donors (Lipinski definition) is 1. The molecule has 112 valence electrons. The number of hydrogen-bond acceptors (Lipinski definition) is 2. The Morgan fingerprint density at radius 3 is 2.65 bits per heavy atom. The second kappa shape index (κ2) is 7.75. The van der Waals surface area contributed by atoms with E-state index in [4.69, 9.17) is 0 Å². The van der Waals surface area contributed by atoms with E-state index in [0.717, 1.165) is 37.5 Å². The molecule has 1 atom stereocenters. The predicted molar refractivity (Wildman–Crippen MR) is 82.4 cm³/mol. The van der Waals surface area contributed by atoms with Crippen LogP contribution in [0.4, 0.5) is 4.39 Å². The van der Waals surface area contributed by atoms with Crippen LogP contribution in [0.2, 0.25) is 0 Å². The summed E-state index contributed by atoms with van der Waals surface area (Å²) in [5.74, 6) is 0.794. The molecule has 20 heavy (non-hydrogen) atoms. The van der Waals surface area contributed by atoms with Crippen LogP contribution in [-0.2, 0) is 6.42 Å². The Balaban J connectivity index is 1.80. The zero-order valence-electron chi connectivity index (χ0n) is 12.7. The monoisotopic (exact) mass is 278 g/mol. The van der Waals surface area contributed by atoms with Gasteiger partial charge in [-0.2, -0.15) is 0 Å². The molecule has 2 nitrogen and oxygen atoms in total. The summed E-state index contributed by atoms with van der Waals surface area (Å²) in [6.07, 6.45) is 4.66. The van der Waals surface area contributed by atoms with Crippen molar-refractivity contribution in [3.05, 3.63) is 35.6 Å². The summed E-state index contributed by atoms with van der Waals surface area (Å²) in [5, 5.41) is 3.23. The van der Waals surface area contributed by atoms with Crippen LogP contribution in [0.3, 0.4) is 0 Å². The van der Waals surface area contributed by atoms with E-state index >= 15 is 0 Å². The molecular formula is C17H27FN2. The fourth-order valence-corrected chi connectivity index (χ4v) is 3.14. The molecule has 0 amide bonds. The average Bonchev–Trinajstić information content (AvgIpc) is 2.48. The third-order valence-electron chi connectivity index (χ3n) is 4.55. The molecule has 1 aliphatic heterocycles. The minimum absolute atomic E-state index is 0.0664. The predicted octanol–water partition coefficient (Wildman–Crippen LogP) is 3.08. The van der Waals surface area contributed by atoms with Gasteiger partial charge in [0.2, 0.25) is 0 Å². The number of piperidine rings is 1. The summed E-state index contributed by atoms with van der Waals surface area (Å²) in [4.78, 5) is 2.52. The smallest absolute Gasteiger partial charge is 0.126 e. The third kappa shape index (κ3) is 4.29. The van der Waals surface area contributed by atoms with E-state index in [1.165, 1.54) is 19.3 Å². The first kappa shape index (κ1) is 15.5. The molecule has 0 aromatic heterocycles. The van der Waals surface area contributed by atoms with Gasteiger partial charge in [-0.25, -0.2) is 4.39 Å². The molecule has 2 rings (SSSR count). The number of nitrogens with one attached hydrogen (secondary N) is 1. The molecule has 1 aromatic rings. The van der Waals surface area contributed by atoms with Crippen LogP contribution < -0.4 is 5.32 Å². The summed E-state index contributed by atoms with van der Waals surface area (Å²) in [7, 11) is 2.02. The number of rotatable bonds is 6. The van der Waals surface area contributed by atoms with E-state index in [1.807, 2.05) is 19.2 Å². The van der Waals surface area contributed by atoms with Gasteiger partial charge in [-0.05, 0) is 76.8 Å². The Kier molecular flexibility index (Phi) is 5.99. The van der Waals surface area contributed by atoms with Crippen LogP contribution in [0, 0.1) is 11.7 Å². The van der Waals surface area contributed by atoms with Gasteiger partial charge >= 0.3 is 0 Å². The maximum absolute atomic E-state index is 13.7. The minimum atomic E-state index is -0.0664. The van der Waals surface area contributed by atoms with Crippen molar-refractivity contribution in [2.75, 3.05) is 26.7 Å². The molecule has 0 bridgehead atoms. The van der Waals surface area contributed by atoms with E-state index in [-0.39, 0.29) is 5.82 Å². The molecule has 0 radical (unpaired) electrons. The molecule has 1 N–H and O–H groups in total. The number of likely N-dealkylation sites (tertiary alicyclic amines) is 1. The SMILES string of the molecule is CNCCC1CCN(C(C)Cc2ccccc2F)CC1. The molecule has 1 fully saturated rings. The van der Waals surface area contributed by atoms with Gasteiger partial charge < -0.3 is 10.2 Å². The molecule has 1 aliphatic rings. The first-order chi connectivity index (χ1) is 9.70. The quantitative estimate of drug-likeness (QED) is 0.860. The summed E-state index contributed by atoms with van der Waals surface area (Å²) in [6.45, 7) is 5.66. The topological polar surface area (TPSA) is 15.3 Å². The van der Waals surface area contributed by atoms with E-state index < -0.39 is 0 Å². The fraction of sp³-hybridized carbons (Fsp3) is 0.647. The molecule has 1 saturated heterocycles. The molecule has 1 heterocycles. The lowest BCUT2D eigenvalue weighted by Crippen LogP contribution is -2.41. The zero-order chi connectivity index (χ0) is 14.4. The highest BCUT2D eigenvalue weighted by Crippen LogP contribution is 2.23. The average molecular weight is 278 g/mol. The first-order valence-corrected chi connectivity index (χ1v) is 7.82. The lowest BCUT2D eigenvalue weighted by Gasteiger charge is -2.36. The molecule has 0 aliphatic carbocycles. The standard InChI is InChI=1S/C17H27FN2/c1-14(13-16-5-3-4-6-17(16)18)20-11-8-15(9-12-20)7-10-19-2/h3-6,14-15,19H,7-13H2,1-2H3. The first-order valence-electron chi connectivity index (χ1n) is 7.82. The molecule has 3 heteroatoms. The van der Waals surface area contributed by atoms with Crippen molar-refractivity contribution in [1.29, 1.82) is 0 Å². The van der Waals surface area contributed by atoms with E-state index in [9.17, 15) is 4.39 Å². The van der Waals surface area contributed by atoms with Crippen molar-refractivity contribution < 1.29 is 4.39 Å². The largest absolute Gasteiger partial charge is 0.320 e. The Morgan fingerprint density at radius 2 is 2.00 bits per heavy atom. The van der Waals surface area contributed by atoms with Gasteiger partial charge in [0.15, 0.2) is 0 Å². The second-order valence-electron chi connectivity index (χ2n) is 6.02. The van der Waals surface area contributed by atoms with Gasteiger partial charge in [0, 0.05) is 6.04 Å². The molecule has 0 saturated carbocycles. The molecular weight excluding hydrogens is 251 g/mol. The van der Waals surface area contributed by atoms with Crippen molar-refractivity contribution in [1.82, 2.24) is 10.2 Å². The van der Waals surface area contributed by atoms with Crippen LogP contribution in [0.15, 0.2) is 24.3 Å². The lowest BCUT2D eigenvalue weighted by atomic mass is 9.92. The van der Waals surface area contributed by atoms with Gasteiger partial charge in [-0.15, -0.1) is 0 Å². The summed E-state index contributed by atoms with van der Waals surface area (Å²) < 4.78 is 13.7. The Labute approximate surface area is 122 Å². The Morgan fingerprint density at radius 1 is 1.30 bits per heavy atom. The summed E-state index contributed by atoms with van der Waals surface area (Å²) in [5.41, 5.74) is 0.845. The number of halogens is 1. The molecule has 1 unspecified atom stereocenters. The molecule has 0 spiro atoms. The van der Waals surface area contributed by atoms with Crippen molar-refractivity contribution in [2.45, 2.75) is 38.6 Å². The second-order valence-corrected chi connectivity index (χ2v) is 6.02. The van der Waals surface area contributed by atoms with E-state index in [0.29, 0.717) is 6.04 Å². The summed E-state index contributed by atoms with van der Waals surface area (Å²) in [6, 6.07) is 7.58. The van der Waals surface area contributed by atoms with Gasteiger partial charge in [-0.3, -0.25) is 0 Å². The molecule has 1 aromatic carbocycles. The van der Waals surface area contributed by atoms with E-state index in [2.05, 4.69) is 17.1 Å². The van der Waals surface area contributed by atoms with Crippen molar-refractivity contribution in [3.8, 4) is 0 Å². The van der Waals surface area contributed by atoms with Crippen molar-refractivity contribution in [2.24, 2.45) is 5.92 Å². The Bertz CT molecular complexity index is 400. The highest BCUT2D eigenvalue weighted by Gasteiger charge is 2.22. The van der Waals surface area contributed by atoms with E-state index in [1.54, 1.807) is 12.1 Å². The third-order valence-corrected chi connectivity index (χ3v) is 4.55. The number of nitrogens with zero attached hydrogens (tertiary/aromatic N) is 1. The normalized spacial score (nSPS) is 19.1. The highest BCUT2D eigenvalue weighted by atomic mass is 19.1. The maximum atomic E-state index is 13.7. The van der Waals surface area contributed by atoms with Crippen LogP contribution >= 0.6 is 0 Å². The highest BCUT2D eigenvalue weighted by molar-refractivity contribution is 5.18. The maximum Gasteiger partial charge on any atom is 0.126 e. The van der Waals surface area contributed by atoms with Gasteiger partial charge in [-0.1, -0.05) is 18.2 Å². The zero-order valence-corrected chi connectivity index (χ0v) is 12.7. The Hall–Kier alpha value is -0.930. The van der Waals surface area contributed by atoms with Crippen LogP contribution in [-0.4, -0.2) is 37.6 Å². The fourth-order valence-electron chi connectivity index (χ4n) is 3.14. The van der Waals surface area contributed by atoms with Crippen molar-refractivity contribution >= 4 is 0 Å². The lowest BCUT2D eigenvalue weighted by molar-refractivity contribution is 0.136. The number of benzene rings is 1. The van der Waals surface area contributed by atoms with Crippen molar-refractivity contribution in [3.63, 3.8) is 0 Å². The van der Waals surface area contributed by atoms with Gasteiger partial charge in [0.05, 0.1) is 0 Å². The van der Waals surface area contributed by atoms with Gasteiger partial charge in [0.25, 0.3) is 0 Å². The van der Waals surface area contributed by atoms with Gasteiger partial charge in [0.1, 0.15) is 5.82 Å². The van der Waals surface area contributed by atoms with Crippen LogP contribution in [0.1, 0.15) is 31.7 Å². The minimum Gasteiger partial charge on any atom is -0.320 e. The summed E-state index contributed by atoms with van der Waals surface area (Å²) >= 11 is 0.